The zero-order valence-corrected chi connectivity index (χ0v) is 13.8. The van der Waals surface area contributed by atoms with Crippen molar-refractivity contribution in [2.24, 2.45) is 5.92 Å². The predicted octanol–water partition coefficient (Wildman–Crippen LogP) is 2.54. The minimum absolute atomic E-state index is 0.327. The van der Waals surface area contributed by atoms with Crippen LogP contribution in [0.4, 0.5) is 0 Å². The van der Waals surface area contributed by atoms with Crippen LogP contribution in [0, 0.1) is 5.92 Å². The van der Waals surface area contributed by atoms with Crippen LogP contribution in [0.15, 0.2) is 48.9 Å². The number of rotatable bonds is 5. The van der Waals surface area contributed by atoms with E-state index in [-0.39, 0.29) is 0 Å². The second kappa shape index (κ2) is 7.28. The van der Waals surface area contributed by atoms with Crippen LogP contribution in [0.3, 0.4) is 0 Å². The van der Waals surface area contributed by atoms with Gasteiger partial charge in [-0.1, -0.05) is 12.1 Å². The Labute approximate surface area is 142 Å². The van der Waals surface area contributed by atoms with Gasteiger partial charge in [0, 0.05) is 43.8 Å². The van der Waals surface area contributed by atoms with Crippen molar-refractivity contribution in [3.05, 3.63) is 54.5 Å². The summed E-state index contributed by atoms with van der Waals surface area (Å²) >= 11 is 0. The highest BCUT2D eigenvalue weighted by atomic mass is 16.5. The Kier molecular flexibility index (Phi) is 4.71. The molecule has 2 aromatic heterocycles. The van der Waals surface area contributed by atoms with Crippen molar-refractivity contribution < 1.29 is 9.47 Å². The maximum Gasteiger partial charge on any atom is 0.213 e. The Morgan fingerprint density at radius 3 is 3.00 bits per heavy atom. The van der Waals surface area contributed by atoms with Gasteiger partial charge < -0.3 is 9.47 Å². The number of hydrogen-bond donors (Lipinski definition) is 0. The molecule has 5 nitrogen and oxygen atoms in total. The van der Waals surface area contributed by atoms with Crippen LogP contribution in [-0.4, -0.2) is 46.8 Å². The molecule has 1 aliphatic heterocycles. The number of morpholine rings is 1. The summed E-state index contributed by atoms with van der Waals surface area (Å²) in [6, 6.07) is 10.4. The Morgan fingerprint density at radius 1 is 1.17 bits per heavy atom. The van der Waals surface area contributed by atoms with Crippen molar-refractivity contribution >= 4 is 0 Å². The first kappa shape index (κ1) is 15.5. The molecule has 2 fully saturated rings. The highest BCUT2D eigenvalue weighted by Crippen LogP contribution is 2.35. The molecular weight excluding hydrogens is 302 g/mol. The fourth-order valence-corrected chi connectivity index (χ4v) is 3.82. The van der Waals surface area contributed by atoms with Crippen molar-refractivity contribution in [1.29, 1.82) is 0 Å². The third kappa shape index (κ3) is 3.57. The monoisotopic (exact) mass is 325 g/mol. The fourth-order valence-electron chi connectivity index (χ4n) is 3.82. The fraction of sp³-hybridized carbons (Fsp3) is 0.474. The zero-order valence-electron chi connectivity index (χ0n) is 13.8. The second-order valence-corrected chi connectivity index (χ2v) is 6.62. The maximum absolute atomic E-state index is 6.02. The summed E-state index contributed by atoms with van der Waals surface area (Å²) in [6.07, 6.45) is 8.07. The minimum atomic E-state index is 0.327. The summed E-state index contributed by atoms with van der Waals surface area (Å²) in [4.78, 5) is 11.0. The van der Waals surface area contributed by atoms with Gasteiger partial charge in [-0.25, -0.2) is 4.98 Å². The van der Waals surface area contributed by atoms with Crippen LogP contribution in [-0.2, 0) is 11.3 Å². The molecule has 0 radical (unpaired) electrons. The summed E-state index contributed by atoms with van der Waals surface area (Å²) in [6.45, 7) is 3.47. The van der Waals surface area contributed by atoms with E-state index in [0.717, 1.165) is 32.5 Å². The van der Waals surface area contributed by atoms with Crippen LogP contribution in [0.2, 0.25) is 0 Å². The summed E-state index contributed by atoms with van der Waals surface area (Å²) < 4.78 is 11.9. The zero-order chi connectivity index (χ0) is 16.2. The molecule has 2 aliphatic rings. The van der Waals surface area contributed by atoms with E-state index in [9.17, 15) is 0 Å². The molecule has 24 heavy (non-hydrogen) atoms. The standard InChI is InChI=1S/C19H23N3O2/c1-2-7-21-19(5-1)24-14-16-10-17-18(11-16)23-9-8-22(17)13-15-4-3-6-20-12-15/h1-7,12,16-18H,8-11,13-14H2/t16-,17-,18-/m0/s1. The van der Waals surface area contributed by atoms with E-state index >= 15 is 0 Å². The van der Waals surface area contributed by atoms with Crippen LogP contribution < -0.4 is 4.74 Å². The molecular formula is C19H23N3O2. The number of hydrogen-bond acceptors (Lipinski definition) is 5. The Morgan fingerprint density at radius 2 is 2.17 bits per heavy atom. The topological polar surface area (TPSA) is 47.5 Å². The summed E-state index contributed by atoms with van der Waals surface area (Å²) in [5.41, 5.74) is 1.27. The first-order chi connectivity index (χ1) is 11.9. The van der Waals surface area contributed by atoms with Gasteiger partial charge in [-0.15, -0.1) is 0 Å². The molecule has 0 spiro atoms. The minimum Gasteiger partial charge on any atom is -0.477 e. The van der Waals surface area contributed by atoms with Crippen LogP contribution >= 0.6 is 0 Å². The highest BCUT2D eigenvalue weighted by Gasteiger charge is 2.41. The molecule has 4 rings (SSSR count). The Bertz CT molecular complexity index is 638. The van der Waals surface area contributed by atoms with Crippen molar-refractivity contribution in [2.75, 3.05) is 19.8 Å². The average molecular weight is 325 g/mol. The smallest absolute Gasteiger partial charge is 0.213 e. The lowest BCUT2D eigenvalue weighted by molar-refractivity contribution is -0.0590. The molecule has 2 aromatic rings. The third-order valence-electron chi connectivity index (χ3n) is 4.96. The first-order valence-corrected chi connectivity index (χ1v) is 8.67. The Hall–Kier alpha value is -1.98. The van der Waals surface area contributed by atoms with Crippen molar-refractivity contribution in [1.82, 2.24) is 14.9 Å². The molecule has 0 aromatic carbocycles. The molecule has 3 atom stereocenters. The van der Waals surface area contributed by atoms with Gasteiger partial charge >= 0.3 is 0 Å². The molecule has 3 heterocycles. The van der Waals surface area contributed by atoms with Crippen molar-refractivity contribution in [3.63, 3.8) is 0 Å². The number of pyridine rings is 2. The number of ether oxygens (including phenoxy) is 2. The van der Waals surface area contributed by atoms with Crippen molar-refractivity contribution in [2.45, 2.75) is 31.5 Å². The van der Waals surface area contributed by atoms with Gasteiger partial charge in [0.2, 0.25) is 5.88 Å². The highest BCUT2D eigenvalue weighted by molar-refractivity contribution is 5.10. The summed E-state index contributed by atoms with van der Waals surface area (Å²) in [5, 5.41) is 0. The lowest BCUT2D eigenvalue weighted by atomic mass is 10.1. The van der Waals surface area contributed by atoms with Gasteiger partial charge in [0.1, 0.15) is 0 Å². The lowest BCUT2D eigenvalue weighted by Crippen LogP contribution is -2.47. The quantitative estimate of drug-likeness (QED) is 0.845. The number of fused-ring (bicyclic) bond motifs is 1. The van der Waals surface area contributed by atoms with E-state index in [1.54, 1.807) is 6.20 Å². The van der Waals surface area contributed by atoms with Crippen LogP contribution in [0.1, 0.15) is 18.4 Å². The first-order valence-electron chi connectivity index (χ1n) is 8.67. The number of nitrogens with zero attached hydrogens (tertiary/aromatic N) is 3. The lowest BCUT2D eigenvalue weighted by Gasteiger charge is -2.37. The normalized spacial score (nSPS) is 26.9. The summed E-state index contributed by atoms with van der Waals surface area (Å²) in [7, 11) is 0. The van der Waals surface area contributed by atoms with Crippen LogP contribution in [0.5, 0.6) is 5.88 Å². The Balaban J connectivity index is 1.35. The summed E-state index contributed by atoms with van der Waals surface area (Å²) in [5.74, 6) is 1.23. The van der Waals surface area contributed by atoms with E-state index in [1.807, 2.05) is 36.7 Å². The van der Waals surface area contributed by atoms with Crippen LogP contribution in [0.25, 0.3) is 0 Å². The third-order valence-corrected chi connectivity index (χ3v) is 4.96. The van der Waals surface area contributed by atoms with E-state index < -0.39 is 0 Å². The molecule has 0 unspecified atom stereocenters. The van der Waals surface area contributed by atoms with Crippen molar-refractivity contribution in [3.8, 4) is 5.88 Å². The molecule has 0 amide bonds. The average Bonchev–Trinajstić information content (AvgIpc) is 3.06. The van der Waals surface area contributed by atoms with E-state index in [1.165, 1.54) is 5.56 Å². The van der Waals surface area contributed by atoms with E-state index in [0.29, 0.717) is 30.6 Å². The van der Waals surface area contributed by atoms with Gasteiger partial charge in [-0.05, 0) is 36.5 Å². The number of aromatic nitrogens is 2. The molecule has 1 aliphatic carbocycles. The van der Waals surface area contributed by atoms with Gasteiger partial charge in [-0.3, -0.25) is 9.88 Å². The molecule has 1 saturated heterocycles. The molecule has 126 valence electrons. The van der Waals surface area contributed by atoms with Gasteiger partial charge in [0.15, 0.2) is 0 Å². The molecule has 0 N–H and O–H groups in total. The molecule has 1 saturated carbocycles. The van der Waals surface area contributed by atoms with E-state index in [2.05, 4.69) is 20.9 Å². The predicted molar refractivity (Wildman–Crippen MR) is 90.6 cm³/mol. The van der Waals surface area contributed by atoms with Gasteiger partial charge in [-0.2, -0.15) is 0 Å². The van der Waals surface area contributed by atoms with Gasteiger partial charge in [0.25, 0.3) is 0 Å². The van der Waals surface area contributed by atoms with E-state index in [4.69, 9.17) is 9.47 Å². The largest absolute Gasteiger partial charge is 0.477 e. The second-order valence-electron chi connectivity index (χ2n) is 6.62. The molecule has 0 bridgehead atoms. The maximum atomic E-state index is 6.02. The van der Waals surface area contributed by atoms with Gasteiger partial charge in [0.05, 0.1) is 19.3 Å². The molecule has 5 heteroatoms. The SMILES string of the molecule is c1ccc(OC[C@@H]2C[C@@H]3OCCN(Cc4cccnc4)[C@H]3C2)nc1.